The van der Waals surface area contributed by atoms with Gasteiger partial charge in [-0.05, 0) is 45.4 Å². The van der Waals surface area contributed by atoms with E-state index in [0.29, 0.717) is 18.1 Å². The van der Waals surface area contributed by atoms with Crippen molar-refractivity contribution in [2.24, 2.45) is 10.7 Å². The number of carbonyl (C=O) groups excluding carboxylic acids is 1. The maximum Gasteiger partial charge on any atom is 0.253 e. The third-order valence-corrected chi connectivity index (χ3v) is 3.76. The van der Waals surface area contributed by atoms with Crippen molar-refractivity contribution in [1.82, 2.24) is 9.80 Å². The van der Waals surface area contributed by atoms with Crippen LogP contribution in [0, 0.1) is 0 Å². The molecule has 0 saturated heterocycles. The van der Waals surface area contributed by atoms with Gasteiger partial charge in [0.05, 0.1) is 6.54 Å². The molecular formula is C17H28N4O. The molecule has 0 atom stereocenters. The quantitative estimate of drug-likeness (QED) is 0.621. The van der Waals surface area contributed by atoms with E-state index in [2.05, 4.69) is 18.8 Å². The first kappa shape index (κ1) is 18.0. The zero-order valence-electron chi connectivity index (χ0n) is 14.2. The van der Waals surface area contributed by atoms with Crippen molar-refractivity contribution in [1.29, 1.82) is 0 Å². The van der Waals surface area contributed by atoms with Crippen LogP contribution >= 0.6 is 0 Å². The van der Waals surface area contributed by atoms with Crippen LogP contribution in [-0.2, 0) is 6.54 Å². The molecule has 0 spiro atoms. The minimum absolute atomic E-state index is 0.0720. The molecule has 0 aliphatic heterocycles. The summed E-state index contributed by atoms with van der Waals surface area (Å²) in [5.74, 6) is 0.635. The van der Waals surface area contributed by atoms with Crippen LogP contribution in [-0.4, -0.2) is 47.8 Å². The number of hydrogen-bond donors (Lipinski definition) is 1. The Labute approximate surface area is 133 Å². The van der Waals surface area contributed by atoms with Crippen molar-refractivity contribution in [3.8, 4) is 0 Å². The molecule has 22 heavy (non-hydrogen) atoms. The summed E-state index contributed by atoms with van der Waals surface area (Å²) in [5.41, 5.74) is 7.72. The fourth-order valence-corrected chi connectivity index (χ4v) is 2.27. The van der Waals surface area contributed by atoms with Crippen molar-refractivity contribution in [3.63, 3.8) is 0 Å². The lowest BCUT2D eigenvalue weighted by Crippen LogP contribution is -2.37. The second-order valence-corrected chi connectivity index (χ2v) is 5.02. The number of hydrogen-bond acceptors (Lipinski definition) is 2. The highest BCUT2D eigenvalue weighted by molar-refractivity contribution is 5.94. The van der Waals surface area contributed by atoms with E-state index in [-0.39, 0.29) is 5.91 Å². The third-order valence-electron chi connectivity index (χ3n) is 3.76. The minimum atomic E-state index is 0.0720. The molecule has 0 heterocycles. The Morgan fingerprint density at radius 2 is 1.45 bits per heavy atom. The van der Waals surface area contributed by atoms with Gasteiger partial charge in [0, 0.05) is 31.7 Å². The Balaban J connectivity index is 2.73. The van der Waals surface area contributed by atoms with Gasteiger partial charge in [-0.2, -0.15) is 0 Å². The summed E-state index contributed by atoms with van der Waals surface area (Å²) in [6.45, 7) is 11.8. The Bertz CT molecular complexity index is 488. The normalized spacial score (nSPS) is 11.4. The lowest BCUT2D eigenvalue weighted by Gasteiger charge is -2.19. The van der Waals surface area contributed by atoms with Gasteiger partial charge in [-0.3, -0.25) is 4.79 Å². The summed E-state index contributed by atoms with van der Waals surface area (Å²) in [7, 11) is 0. The molecule has 1 amide bonds. The van der Waals surface area contributed by atoms with Crippen molar-refractivity contribution in [2.45, 2.75) is 34.2 Å². The van der Waals surface area contributed by atoms with Gasteiger partial charge in [0.25, 0.3) is 5.91 Å². The largest absolute Gasteiger partial charge is 0.370 e. The van der Waals surface area contributed by atoms with E-state index in [1.54, 1.807) is 0 Å². The van der Waals surface area contributed by atoms with Gasteiger partial charge in [-0.1, -0.05) is 12.1 Å². The van der Waals surface area contributed by atoms with E-state index in [1.165, 1.54) is 0 Å². The van der Waals surface area contributed by atoms with Crippen LogP contribution in [0.15, 0.2) is 29.3 Å². The Morgan fingerprint density at radius 1 is 0.955 bits per heavy atom. The van der Waals surface area contributed by atoms with E-state index < -0.39 is 0 Å². The van der Waals surface area contributed by atoms with Crippen LogP contribution < -0.4 is 5.73 Å². The smallest absolute Gasteiger partial charge is 0.253 e. The SMILES string of the molecule is CCN(CC)C(=O)c1ccc(CN=C(N)N(CC)CC)cc1. The molecule has 0 fully saturated rings. The van der Waals surface area contributed by atoms with E-state index in [1.807, 2.05) is 47.9 Å². The van der Waals surface area contributed by atoms with Gasteiger partial charge in [0.15, 0.2) is 5.96 Å². The molecular weight excluding hydrogens is 276 g/mol. The number of benzene rings is 1. The molecule has 5 nitrogen and oxygen atoms in total. The number of aliphatic imine (C=N–C) groups is 1. The van der Waals surface area contributed by atoms with Gasteiger partial charge in [0.2, 0.25) is 0 Å². The fourth-order valence-electron chi connectivity index (χ4n) is 2.27. The predicted octanol–water partition coefficient (Wildman–Crippen LogP) is 2.33. The van der Waals surface area contributed by atoms with Gasteiger partial charge in [0.1, 0.15) is 0 Å². The molecule has 1 rings (SSSR count). The van der Waals surface area contributed by atoms with Crippen LogP contribution in [0.5, 0.6) is 0 Å². The van der Waals surface area contributed by atoms with E-state index >= 15 is 0 Å². The van der Waals surface area contributed by atoms with Crippen molar-refractivity contribution in [2.75, 3.05) is 26.2 Å². The molecule has 0 bridgehead atoms. The van der Waals surface area contributed by atoms with Crippen LogP contribution in [0.4, 0.5) is 0 Å². The zero-order valence-corrected chi connectivity index (χ0v) is 14.2. The van der Waals surface area contributed by atoms with Crippen molar-refractivity contribution >= 4 is 11.9 Å². The second-order valence-electron chi connectivity index (χ2n) is 5.02. The minimum Gasteiger partial charge on any atom is -0.370 e. The van der Waals surface area contributed by atoms with Crippen LogP contribution in [0.3, 0.4) is 0 Å². The topological polar surface area (TPSA) is 61.9 Å². The van der Waals surface area contributed by atoms with E-state index in [9.17, 15) is 4.79 Å². The molecule has 0 unspecified atom stereocenters. The second kappa shape index (κ2) is 9.07. The molecule has 0 aliphatic carbocycles. The van der Waals surface area contributed by atoms with Gasteiger partial charge < -0.3 is 15.5 Å². The van der Waals surface area contributed by atoms with Gasteiger partial charge in [-0.15, -0.1) is 0 Å². The molecule has 0 aliphatic rings. The van der Waals surface area contributed by atoms with Crippen LogP contribution in [0.2, 0.25) is 0 Å². The molecule has 0 radical (unpaired) electrons. The fraction of sp³-hybridized carbons (Fsp3) is 0.529. The highest BCUT2D eigenvalue weighted by Crippen LogP contribution is 2.09. The van der Waals surface area contributed by atoms with E-state index in [0.717, 1.165) is 31.7 Å². The molecule has 1 aromatic carbocycles. The monoisotopic (exact) mass is 304 g/mol. The summed E-state index contributed by atoms with van der Waals surface area (Å²) in [6.07, 6.45) is 0. The van der Waals surface area contributed by atoms with Crippen molar-refractivity contribution in [3.05, 3.63) is 35.4 Å². The number of nitrogens with zero attached hydrogens (tertiary/aromatic N) is 3. The Morgan fingerprint density at radius 3 is 1.91 bits per heavy atom. The van der Waals surface area contributed by atoms with Crippen molar-refractivity contribution < 1.29 is 4.79 Å². The average Bonchev–Trinajstić information content (AvgIpc) is 2.55. The highest BCUT2D eigenvalue weighted by atomic mass is 16.2. The Kier molecular flexibility index (Phi) is 7.43. The zero-order chi connectivity index (χ0) is 16.5. The number of amides is 1. The number of guanidine groups is 1. The lowest BCUT2D eigenvalue weighted by atomic mass is 10.1. The first-order chi connectivity index (χ1) is 10.6. The maximum atomic E-state index is 12.2. The molecule has 122 valence electrons. The van der Waals surface area contributed by atoms with Gasteiger partial charge in [-0.25, -0.2) is 4.99 Å². The van der Waals surface area contributed by atoms with Crippen LogP contribution in [0.25, 0.3) is 0 Å². The van der Waals surface area contributed by atoms with E-state index in [4.69, 9.17) is 5.73 Å². The molecule has 5 heteroatoms. The summed E-state index contributed by atoms with van der Waals surface area (Å²) < 4.78 is 0. The number of carbonyl (C=O) groups is 1. The maximum absolute atomic E-state index is 12.2. The molecule has 2 N–H and O–H groups in total. The average molecular weight is 304 g/mol. The first-order valence-corrected chi connectivity index (χ1v) is 8.00. The summed E-state index contributed by atoms with van der Waals surface area (Å²) in [4.78, 5) is 20.4. The summed E-state index contributed by atoms with van der Waals surface area (Å²) in [5, 5.41) is 0. The third kappa shape index (κ3) is 4.76. The lowest BCUT2D eigenvalue weighted by molar-refractivity contribution is 0.0773. The summed E-state index contributed by atoms with van der Waals surface area (Å²) in [6, 6.07) is 7.60. The number of nitrogens with two attached hydrogens (primary N) is 1. The first-order valence-electron chi connectivity index (χ1n) is 8.00. The predicted molar refractivity (Wildman–Crippen MR) is 91.9 cm³/mol. The number of rotatable bonds is 7. The highest BCUT2D eigenvalue weighted by Gasteiger charge is 2.11. The molecule has 1 aromatic rings. The van der Waals surface area contributed by atoms with Gasteiger partial charge >= 0.3 is 0 Å². The molecule has 0 aromatic heterocycles. The Hall–Kier alpha value is -2.04. The molecule has 0 saturated carbocycles. The summed E-state index contributed by atoms with van der Waals surface area (Å²) >= 11 is 0. The van der Waals surface area contributed by atoms with Crippen LogP contribution in [0.1, 0.15) is 43.6 Å². The standard InChI is InChI=1S/C17H28N4O/c1-5-20(6-2)16(22)15-11-9-14(10-12-15)13-19-17(18)21(7-3)8-4/h9-12H,5-8,13H2,1-4H3,(H2,18,19).